The van der Waals surface area contributed by atoms with Crippen LogP contribution in [0.5, 0.6) is 0 Å². The number of alkyl halides is 3. The number of halogens is 4. The molecule has 0 atom stereocenters. The summed E-state index contributed by atoms with van der Waals surface area (Å²) in [5.74, 6) is -0.240. The average Bonchev–Trinajstić information content (AvgIpc) is 3.00. The van der Waals surface area contributed by atoms with E-state index in [1.807, 2.05) is 42.5 Å². The lowest BCUT2D eigenvalue weighted by atomic mass is 10.0. The highest BCUT2D eigenvalue weighted by Crippen LogP contribution is 2.35. The van der Waals surface area contributed by atoms with Crippen molar-refractivity contribution in [3.63, 3.8) is 0 Å². The van der Waals surface area contributed by atoms with Gasteiger partial charge in [0.15, 0.2) is 5.69 Å². The van der Waals surface area contributed by atoms with Crippen molar-refractivity contribution in [3.05, 3.63) is 76.6 Å². The van der Waals surface area contributed by atoms with Crippen molar-refractivity contribution in [2.75, 3.05) is 6.54 Å². The number of carbonyl (C=O) groups excluding carboxylic acids is 1. The minimum Gasteiger partial charge on any atom is -0.352 e. The van der Waals surface area contributed by atoms with E-state index in [0.29, 0.717) is 18.5 Å². The van der Waals surface area contributed by atoms with Crippen molar-refractivity contribution in [1.29, 1.82) is 0 Å². The van der Waals surface area contributed by atoms with Crippen molar-refractivity contribution >= 4 is 17.5 Å². The molecule has 0 unspecified atom stereocenters. The van der Waals surface area contributed by atoms with Gasteiger partial charge in [0.25, 0.3) is 5.91 Å². The van der Waals surface area contributed by atoms with E-state index in [1.54, 1.807) is 12.1 Å². The van der Waals surface area contributed by atoms with Crippen molar-refractivity contribution in [3.8, 4) is 11.1 Å². The molecule has 2 aromatic carbocycles. The van der Waals surface area contributed by atoms with E-state index in [1.165, 1.54) is 11.6 Å². The summed E-state index contributed by atoms with van der Waals surface area (Å²) >= 11 is 5.73. The van der Waals surface area contributed by atoms with E-state index in [-0.39, 0.29) is 23.2 Å². The number of rotatable bonds is 6. The van der Waals surface area contributed by atoms with Crippen LogP contribution in [0.1, 0.15) is 28.2 Å². The Morgan fingerprint density at radius 1 is 1.07 bits per heavy atom. The second-order valence-corrected chi connectivity index (χ2v) is 6.90. The van der Waals surface area contributed by atoms with Gasteiger partial charge in [-0.25, -0.2) is 0 Å². The molecule has 0 aliphatic rings. The van der Waals surface area contributed by atoms with Crippen LogP contribution >= 0.6 is 11.6 Å². The summed E-state index contributed by atoms with van der Waals surface area (Å²) < 4.78 is 39.7. The molecule has 3 rings (SSSR count). The SMILES string of the molecule is Cc1c(Cl)c(C(F)(F)F)nn1CCCNC(=O)c1ccc(-c2ccccc2)cc1. The third-order valence-electron chi connectivity index (χ3n) is 4.49. The number of aromatic nitrogens is 2. The second kappa shape index (κ2) is 8.69. The second-order valence-electron chi connectivity index (χ2n) is 6.52. The first-order valence-electron chi connectivity index (χ1n) is 9.01. The zero-order valence-corrected chi connectivity index (χ0v) is 16.4. The van der Waals surface area contributed by atoms with Crippen molar-refractivity contribution in [2.24, 2.45) is 0 Å². The van der Waals surface area contributed by atoms with Crippen LogP contribution in [0.2, 0.25) is 5.02 Å². The molecule has 3 aromatic rings. The summed E-state index contributed by atoms with van der Waals surface area (Å²) in [6, 6.07) is 17.0. The molecule has 0 saturated carbocycles. The maximum absolute atomic E-state index is 12.8. The third kappa shape index (κ3) is 4.98. The van der Waals surface area contributed by atoms with Gasteiger partial charge < -0.3 is 5.32 Å². The molecule has 1 aromatic heterocycles. The summed E-state index contributed by atoms with van der Waals surface area (Å²) in [5, 5.41) is 5.92. The quantitative estimate of drug-likeness (QED) is 0.545. The smallest absolute Gasteiger partial charge is 0.352 e. The molecule has 0 radical (unpaired) electrons. The molecule has 0 bridgehead atoms. The highest BCUT2D eigenvalue weighted by atomic mass is 35.5. The van der Waals surface area contributed by atoms with E-state index in [4.69, 9.17) is 11.6 Å². The van der Waals surface area contributed by atoms with Crippen molar-refractivity contribution < 1.29 is 18.0 Å². The number of hydrogen-bond acceptors (Lipinski definition) is 2. The fraction of sp³-hybridized carbons (Fsp3) is 0.238. The molecule has 8 heteroatoms. The van der Waals surface area contributed by atoms with Gasteiger partial charge in [-0.2, -0.15) is 18.3 Å². The van der Waals surface area contributed by atoms with Crippen LogP contribution in [0.3, 0.4) is 0 Å². The maximum atomic E-state index is 12.8. The van der Waals surface area contributed by atoms with E-state index < -0.39 is 11.9 Å². The third-order valence-corrected chi connectivity index (χ3v) is 4.94. The molecule has 1 heterocycles. The zero-order chi connectivity index (χ0) is 21.0. The Balaban J connectivity index is 1.53. The summed E-state index contributed by atoms with van der Waals surface area (Å²) in [5.41, 5.74) is 1.75. The molecule has 1 N–H and O–H groups in total. The molecule has 1 amide bonds. The van der Waals surface area contributed by atoms with Crippen molar-refractivity contribution in [2.45, 2.75) is 26.1 Å². The minimum absolute atomic E-state index is 0.217. The summed E-state index contributed by atoms with van der Waals surface area (Å²) in [6.07, 6.45) is -4.17. The molecular formula is C21H19ClF3N3O. The predicted molar refractivity (Wildman–Crippen MR) is 106 cm³/mol. The number of nitrogens with one attached hydrogen (secondary N) is 1. The lowest BCUT2D eigenvalue weighted by Crippen LogP contribution is -2.25. The number of amides is 1. The van der Waals surface area contributed by atoms with E-state index >= 15 is 0 Å². The predicted octanol–water partition coefficient (Wildman–Crippen LogP) is 5.35. The molecule has 0 saturated heterocycles. The van der Waals surface area contributed by atoms with E-state index in [9.17, 15) is 18.0 Å². The van der Waals surface area contributed by atoms with E-state index in [2.05, 4.69) is 10.4 Å². The van der Waals surface area contributed by atoms with Gasteiger partial charge in [-0.1, -0.05) is 54.1 Å². The van der Waals surface area contributed by atoms with Gasteiger partial charge in [-0.15, -0.1) is 0 Å². The van der Waals surface area contributed by atoms with Crippen LogP contribution in [0.25, 0.3) is 11.1 Å². The summed E-state index contributed by atoms with van der Waals surface area (Å²) in [7, 11) is 0. The van der Waals surface area contributed by atoms with E-state index in [0.717, 1.165) is 11.1 Å². The fourth-order valence-electron chi connectivity index (χ4n) is 2.90. The standard InChI is InChI=1S/C21H19ClF3N3O/c1-14-18(22)19(21(23,24)25)27-28(14)13-5-12-26-20(29)17-10-8-16(9-11-17)15-6-3-2-4-7-15/h2-4,6-11H,5,12-13H2,1H3,(H,26,29). The first-order valence-corrected chi connectivity index (χ1v) is 9.39. The Bertz CT molecular complexity index is 983. The summed E-state index contributed by atoms with van der Waals surface area (Å²) in [4.78, 5) is 12.3. The van der Waals surface area contributed by atoms with Gasteiger partial charge in [0, 0.05) is 18.7 Å². The van der Waals surface area contributed by atoms with Gasteiger partial charge in [0.2, 0.25) is 0 Å². The Labute approximate surface area is 171 Å². The van der Waals surface area contributed by atoms with Crippen molar-refractivity contribution in [1.82, 2.24) is 15.1 Å². The maximum Gasteiger partial charge on any atom is 0.436 e. The number of benzene rings is 2. The first-order chi connectivity index (χ1) is 13.8. The topological polar surface area (TPSA) is 46.9 Å². The van der Waals surface area contributed by atoms with Crippen LogP contribution in [0, 0.1) is 6.92 Å². The Morgan fingerprint density at radius 2 is 1.69 bits per heavy atom. The highest BCUT2D eigenvalue weighted by molar-refractivity contribution is 6.31. The van der Waals surface area contributed by atoms with Gasteiger partial charge >= 0.3 is 6.18 Å². The van der Waals surface area contributed by atoms with Gasteiger partial charge in [-0.05, 0) is 36.6 Å². The molecule has 29 heavy (non-hydrogen) atoms. The normalized spacial score (nSPS) is 11.5. The molecule has 0 aliphatic carbocycles. The largest absolute Gasteiger partial charge is 0.436 e. The number of nitrogens with zero attached hydrogens (tertiary/aromatic N) is 2. The molecule has 0 aliphatic heterocycles. The Kier molecular flexibility index (Phi) is 6.27. The zero-order valence-electron chi connectivity index (χ0n) is 15.6. The Hall–Kier alpha value is -2.80. The van der Waals surface area contributed by atoms with Gasteiger partial charge in [-0.3, -0.25) is 9.48 Å². The minimum atomic E-state index is -4.59. The van der Waals surface area contributed by atoms with Crippen LogP contribution in [-0.2, 0) is 12.7 Å². The van der Waals surface area contributed by atoms with Gasteiger partial charge in [0.1, 0.15) is 0 Å². The van der Waals surface area contributed by atoms with Crippen LogP contribution in [-0.4, -0.2) is 22.2 Å². The highest BCUT2D eigenvalue weighted by Gasteiger charge is 2.38. The monoisotopic (exact) mass is 421 g/mol. The molecule has 152 valence electrons. The van der Waals surface area contributed by atoms with Crippen LogP contribution in [0.4, 0.5) is 13.2 Å². The summed E-state index contributed by atoms with van der Waals surface area (Å²) in [6.45, 7) is 2.00. The van der Waals surface area contributed by atoms with Crippen LogP contribution < -0.4 is 5.32 Å². The lowest BCUT2D eigenvalue weighted by Gasteiger charge is -2.08. The number of aryl methyl sites for hydroxylation is 1. The van der Waals surface area contributed by atoms with Gasteiger partial charge in [0.05, 0.1) is 10.7 Å². The molecule has 0 fully saturated rings. The lowest BCUT2D eigenvalue weighted by molar-refractivity contribution is -0.141. The average molecular weight is 422 g/mol. The molecule has 4 nitrogen and oxygen atoms in total. The Morgan fingerprint density at radius 3 is 2.28 bits per heavy atom. The molecule has 0 spiro atoms. The fourth-order valence-corrected chi connectivity index (χ4v) is 3.14. The van der Waals surface area contributed by atoms with Crippen LogP contribution in [0.15, 0.2) is 54.6 Å². The number of carbonyl (C=O) groups is 1. The number of hydrogen-bond donors (Lipinski definition) is 1. The first kappa shape index (κ1) is 20.9. The molecular weight excluding hydrogens is 403 g/mol.